The number of rotatable bonds is 8. The highest BCUT2D eigenvalue weighted by molar-refractivity contribution is 5.85. The van der Waals surface area contributed by atoms with Crippen molar-refractivity contribution >= 4 is 11.8 Å². The van der Waals surface area contributed by atoms with E-state index in [0.29, 0.717) is 11.8 Å². The summed E-state index contributed by atoms with van der Waals surface area (Å²) in [6.45, 7) is 8.90. The van der Waals surface area contributed by atoms with Crippen LogP contribution in [0.3, 0.4) is 0 Å². The second kappa shape index (κ2) is 9.42. The van der Waals surface area contributed by atoms with Gasteiger partial charge in [0, 0.05) is 20.1 Å². The third-order valence-corrected chi connectivity index (χ3v) is 4.19. The minimum absolute atomic E-state index is 0.0758. The van der Waals surface area contributed by atoms with Crippen molar-refractivity contribution in [3.63, 3.8) is 0 Å². The van der Waals surface area contributed by atoms with E-state index in [1.54, 1.807) is 14.1 Å². The van der Waals surface area contributed by atoms with E-state index in [-0.39, 0.29) is 30.9 Å². The van der Waals surface area contributed by atoms with Crippen LogP contribution in [0, 0.1) is 5.92 Å². The molecule has 0 spiro atoms. The van der Waals surface area contributed by atoms with Crippen LogP contribution in [0.2, 0.25) is 0 Å². The summed E-state index contributed by atoms with van der Waals surface area (Å²) in [6, 6.07) is 8.66. The summed E-state index contributed by atoms with van der Waals surface area (Å²) in [4.78, 5) is 25.0. The number of nitrogens with one attached hydrogen (secondary N) is 2. The molecule has 2 N–H and O–H groups in total. The molecular weight excluding hydrogens is 302 g/mol. The van der Waals surface area contributed by atoms with Crippen molar-refractivity contribution in [2.45, 2.75) is 39.7 Å². The van der Waals surface area contributed by atoms with Gasteiger partial charge in [-0.05, 0) is 23.0 Å². The van der Waals surface area contributed by atoms with Gasteiger partial charge in [-0.3, -0.25) is 9.59 Å². The van der Waals surface area contributed by atoms with Crippen LogP contribution >= 0.6 is 0 Å². The molecule has 134 valence electrons. The zero-order chi connectivity index (χ0) is 18.3. The summed E-state index contributed by atoms with van der Waals surface area (Å²) < 4.78 is 0. The molecule has 5 nitrogen and oxygen atoms in total. The Morgan fingerprint density at radius 3 is 2.04 bits per heavy atom. The van der Waals surface area contributed by atoms with Crippen LogP contribution < -0.4 is 10.6 Å². The first-order chi connectivity index (χ1) is 11.3. The van der Waals surface area contributed by atoms with E-state index in [4.69, 9.17) is 0 Å². The van der Waals surface area contributed by atoms with Gasteiger partial charge in [0.2, 0.25) is 11.8 Å². The SMILES string of the molecule is CNC(=O)CN(C)C(=O)CN[C@@H](c1ccc(C(C)C)cc1)C(C)C. The van der Waals surface area contributed by atoms with Gasteiger partial charge in [0.05, 0.1) is 13.1 Å². The van der Waals surface area contributed by atoms with Crippen LogP contribution in [0.4, 0.5) is 0 Å². The zero-order valence-electron chi connectivity index (χ0n) is 15.7. The maximum Gasteiger partial charge on any atom is 0.239 e. The predicted molar refractivity (Wildman–Crippen MR) is 97.8 cm³/mol. The molecule has 0 aliphatic rings. The maximum absolute atomic E-state index is 12.2. The molecule has 0 aliphatic heterocycles. The quantitative estimate of drug-likeness (QED) is 0.767. The number of nitrogens with zero attached hydrogens (tertiary/aromatic N) is 1. The van der Waals surface area contributed by atoms with Crippen LogP contribution in [0.25, 0.3) is 0 Å². The van der Waals surface area contributed by atoms with Crippen molar-refractivity contribution < 1.29 is 9.59 Å². The minimum atomic E-state index is -0.171. The lowest BCUT2D eigenvalue weighted by atomic mass is 9.93. The summed E-state index contributed by atoms with van der Waals surface area (Å²) in [5.74, 6) is 0.593. The topological polar surface area (TPSA) is 61.4 Å². The second-order valence-corrected chi connectivity index (χ2v) is 6.85. The van der Waals surface area contributed by atoms with Crippen LogP contribution in [-0.4, -0.2) is 43.9 Å². The van der Waals surface area contributed by atoms with Gasteiger partial charge in [-0.1, -0.05) is 52.0 Å². The molecule has 1 aromatic rings. The molecule has 2 amide bonds. The molecule has 24 heavy (non-hydrogen) atoms. The molecule has 0 fully saturated rings. The van der Waals surface area contributed by atoms with Crippen molar-refractivity contribution in [2.24, 2.45) is 5.92 Å². The molecule has 1 rings (SSSR count). The highest BCUT2D eigenvalue weighted by Gasteiger charge is 2.18. The average Bonchev–Trinajstić information content (AvgIpc) is 2.54. The third kappa shape index (κ3) is 5.96. The largest absolute Gasteiger partial charge is 0.358 e. The lowest BCUT2D eigenvalue weighted by molar-refractivity contribution is -0.134. The van der Waals surface area contributed by atoms with Gasteiger partial charge < -0.3 is 15.5 Å². The molecular formula is C19H31N3O2. The highest BCUT2D eigenvalue weighted by atomic mass is 16.2. The first-order valence-corrected chi connectivity index (χ1v) is 8.54. The van der Waals surface area contributed by atoms with Gasteiger partial charge in [-0.25, -0.2) is 0 Å². The fraction of sp³-hybridized carbons (Fsp3) is 0.579. The molecule has 0 heterocycles. The highest BCUT2D eigenvalue weighted by Crippen LogP contribution is 2.23. The molecule has 0 saturated heterocycles. The predicted octanol–water partition coefficient (Wildman–Crippen LogP) is 2.30. The standard InChI is InChI=1S/C19H31N3O2/c1-13(2)15-7-9-16(10-8-15)19(14(3)4)21-11-18(24)22(6)12-17(23)20-5/h7-10,13-14,19,21H,11-12H2,1-6H3,(H,20,23)/t19-/m1/s1. The van der Waals surface area contributed by atoms with Crippen molar-refractivity contribution in [1.29, 1.82) is 0 Å². The van der Waals surface area contributed by atoms with E-state index >= 15 is 0 Å². The molecule has 0 bridgehead atoms. The third-order valence-electron chi connectivity index (χ3n) is 4.19. The van der Waals surface area contributed by atoms with Gasteiger partial charge >= 0.3 is 0 Å². The number of amides is 2. The fourth-order valence-electron chi connectivity index (χ4n) is 2.54. The van der Waals surface area contributed by atoms with E-state index in [9.17, 15) is 9.59 Å². The molecule has 0 radical (unpaired) electrons. The van der Waals surface area contributed by atoms with Crippen LogP contribution in [0.5, 0.6) is 0 Å². The molecule has 0 aliphatic carbocycles. The van der Waals surface area contributed by atoms with Crippen LogP contribution in [0.15, 0.2) is 24.3 Å². The Morgan fingerprint density at radius 1 is 1.04 bits per heavy atom. The Morgan fingerprint density at radius 2 is 1.58 bits per heavy atom. The average molecular weight is 333 g/mol. The van der Waals surface area contributed by atoms with Crippen molar-refractivity contribution in [3.8, 4) is 0 Å². The van der Waals surface area contributed by atoms with Crippen molar-refractivity contribution in [3.05, 3.63) is 35.4 Å². The van der Waals surface area contributed by atoms with E-state index in [2.05, 4.69) is 62.6 Å². The molecule has 0 aromatic heterocycles. The molecule has 0 unspecified atom stereocenters. The Hall–Kier alpha value is -1.88. The van der Waals surface area contributed by atoms with Crippen molar-refractivity contribution in [2.75, 3.05) is 27.2 Å². The summed E-state index contributed by atoms with van der Waals surface area (Å²) in [5.41, 5.74) is 2.48. The fourth-order valence-corrected chi connectivity index (χ4v) is 2.54. The summed E-state index contributed by atoms with van der Waals surface area (Å²) >= 11 is 0. The van der Waals surface area contributed by atoms with Gasteiger partial charge in [-0.15, -0.1) is 0 Å². The Kier molecular flexibility index (Phi) is 7.92. The van der Waals surface area contributed by atoms with E-state index in [1.807, 2.05) is 0 Å². The Balaban J connectivity index is 2.69. The van der Waals surface area contributed by atoms with Gasteiger partial charge in [0.25, 0.3) is 0 Å². The molecule has 0 saturated carbocycles. The van der Waals surface area contributed by atoms with E-state index in [0.717, 1.165) is 0 Å². The lowest BCUT2D eigenvalue weighted by Gasteiger charge is -2.25. The van der Waals surface area contributed by atoms with E-state index in [1.165, 1.54) is 16.0 Å². The van der Waals surface area contributed by atoms with Crippen LogP contribution in [0.1, 0.15) is 50.8 Å². The summed E-state index contributed by atoms with van der Waals surface area (Å²) in [5, 5.41) is 5.85. The van der Waals surface area contributed by atoms with Crippen molar-refractivity contribution in [1.82, 2.24) is 15.5 Å². The Bertz CT molecular complexity index is 538. The van der Waals surface area contributed by atoms with E-state index < -0.39 is 0 Å². The first-order valence-electron chi connectivity index (χ1n) is 8.54. The van der Waals surface area contributed by atoms with Gasteiger partial charge in [-0.2, -0.15) is 0 Å². The maximum atomic E-state index is 12.2. The number of carbonyl (C=O) groups is 2. The Labute approximate surface area is 145 Å². The van der Waals surface area contributed by atoms with Gasteiger partial charge in [0.15, 0.2) is 0 Å². The summed E-state index contributed by atoms with van der Waals surface area (Å²) in [7, 11) is 3.20. The first kappa shape index (κ1) is 20.2. The number of benzene rings is 1. The summed E-state index contributed by atoms with van der Waals surface area (Å²) in [6.07, 6.45) is 0. The number of carbonyl (C=O) groups excluding carboxylic acids is 2. The monoisotopic (exact) mass is 333 g/mol. The smallest absolute Gasteiger partial charge is 0.239 e. The normalized spacial score (nSPS) is 12.3. The number of hydrogen-bond donors (Lipinski definition) is 2. The number of likely N-dealkylation sites (N-methyl/N-ethyl adjacent to an activating group) is 2. The molecule has 1 aromatic carbocycles. The molecule has 5 heteroatoms. The lowest BCUT2D eigenvalue weighted by Crippen LogP contribution is -2.42. The van der Waals surface area contributed by atoms with Gasteiger partial charge in [0.1, 0.15) is 0 Å². The van der Waals surface area contributed by atoms with Crippen LogP contribution in [-0.2, 0) is 9.59 Å². The zero-order valence-corrected chi connectivity index (χ0v) is 15.7. The second-order valence-electron chi connectivity index (χ2n) is 6.85. The number of hydrogen-bond acceptors (Lipinski definition) is 3. The molecule has 1 atom stereocenters. The minimum Gasteiger partial charge on any atom is -0.358 e.